The lowest BCUT2D eigenvalue weighted by Crippen LogP contribution is -2.19. The molecule has 2 aromatic rings. The summed E-state index contributed by atoms with van der Waals surface area (Å²) < 4.78 is 5.04. The van der Waals surface area contributed by atoms with Gasteiger partial charge in [-0.25, -0.2) is 0 Å². The average Bonchev–Trinajstić information content (AvgIpc) is 2.93. The first kappa shape index (κ1) is 13.6. The molecule has 3 N–H and O–H groups in total. The van der Waals surface area contributed by atoms with Crippen molar-refractivity contribution in [2.24, 2.45) is 0 Å². The third-order valence-corrected chi connectivity index (χ3v) is 2.90. The van der Waals surface area contributed by atoms with Crippen LogP contribution in [-0.2, 0) is 6.54 Å². The normalized spacial score (nSPS) is 12.4. The molecule has 102 valence electrons. The Kier molecular flexibility index (Phi) is 4.18. The van der Waals surface area contributed by atoms with Gasteiger partial charge >= 0.3 is 0 Å². The highest BCUT2D eigenvalue weighted by Crippen LogP contribution is 2.33. The van der Waals surface area contributed by atoms with Gasteiger partial charge in [0, 0.05) is 23.2 Å². The quantitative estimate of drug-likeness (QED) is 0.768. The van der Waals surface area contributed by atoms with Crippen molar-refractivity contribution in [2.45, 2.75) is 19.5 Å². The molecule has 0 aliphatic rings. The van der Waals surface area contributed by atoms with Crippen LogP contribution in [0.4, 0.5) is 0 Å². The Morgan fingerprint density at radius 2 is 2.32 bits per heavy atom. The van der Waals surface area contributed by atoms with E-state index in [0.29, 0.717) is 28.7 Å². The molecule has 0 saturated heterocycles. The van der Waals surface area contributed by atoms with Gasteiger partial charge in [-0.3, -0.25) is 0 Å². The number of nitrogens with one attached hydrogen (secondary N) is 2. The van der Waals surface area contributed by atoms with Crippen molar-refractivity contribution in [3.63, 3.8) is 0 Å². The van der Waals surface area contributed by atoms with Crippen molar-refractivity contribution in [1.29, 1.82) is 0 Å². The van der Waals surface area contributed by atoms with Crippen LogP contribution in [-0.4, -0.2) is 32.8 Å². The molecular weight excluding hydrogens is 270 g/mol. The van der Waals surface area contributed by atoms with Crippen LogP contribution >= 0.6 is 11.6 Å². The number of aromatic hydroxyl groups is 1. The molecule has 8 heteroatoms. The molecule has 0 amide bonds. The molecule has 1 aromatic heterocycles. The molecule has 0 aliphatic heterocycles. The summed E-state index contributed by atoms with van der Waals surface area (Å²) in [6.45, 7) is 2.29. The summed E-state index contributed by atoms with van der Waals surface area (Å²) in [4.78, 5) is 0. The van der Waals surface area contributed by atoms with E-state index in [9.17, 15) is 5.11 Å². The smallest absolute Gasteiger partial charge is 0.191 e. The maximum atomic E-state index is 9.98. The Morgan fingerprint density at radius 3 is 2.95 bits per heavy atom. The first-order valence-electron chi connectivity index (χ1n) is 5.64. The number of ether oxygens (including phenoxy) is 1. The minimum absolute atomic E-state index is 0.0692. The molecule has 0 aliphatic carbocycles. The fourth-order valence-electron chi connectivity index (χ4n) is 1.63. The number of halogens is 1. The number of hydrogen-bond acceptors (Lipinski definition) is 6. The number of tetrazole rings is 1. The zero-order chi connectivity index (χ0) is 13.8. The Bertz CT molecular complexity index is 546. The largest absolute Gasteiger partial charge is 0.504 e. The topological polar surface area (TPSA) is 96.0 Å². The van der Waals surface area contributed by atoms with Gasteiger partial charge in [-0.15, -0.1) is 10.2 Å². The van der Waals surface area contributed by atoms with Gasteiger partial charge in [-0.2, -0.15) is 5.21 Å². The lowest BCUT2D eigenvalue weighted by atomic mass is 10.1. The third-order valence-electron chi connectivity index (χ3n) is 2.69. The van der Waals surface area contributed by atoms with E-state index in [-0.39, 0.29) is 11.8 Å². The zero-order valence-corrected chi connectivity index (χ0v) is 11.3. The van der Waals surface area contributed by atoms with Crippen molar-refractivity contribution >= 4 is 11.6 Å². The van der Waals surface area contributed by atoms with Crippen LogP contribution in [0.15, 0.2) is 12.1 Å². The molecule has 0 fully saturated rings. The van der Waals surface area contributed by atoms with E-state index in [2.05, 4.69) is 25.9 Å². The van der Waals surface area contributed by atoms with Crippen molar-refractivity contribution in [3.05, 3.63) is 28.5 Å². The highest BCUT2D eigenvalue weighted by atomic mass is 35.5. The Balaban J connectivity index is 2.09. The number of nitrogens with zero attached hydrogens (tertiary/aromatic N) is 3. The van der Waals surface area contributed by atoms with Crippen LogP contribution in [0.1, 0.15) is 24.4 Å². The molecule has 7 nitrogen and oxygen atoms in total. The molecular formula is C11H14ClN5O2. The fourth-order valence-corrected chi connectivity index (χ4v) is 1.86. The van der Waals surface area contributed by atoms with Crippen LogP contribution in [0.3, 0.4) is 0 Å². The van der Waals surface area contributed by atoms with Crippen LogP contribution in [0.5, 0.6) is 11.5 Å². The number of H-pyrrole nitrogens is 1. The van der Waals surface area contributed by atoms with Gasteiger partial charge in [0.2, 0.25) is 0 Å². The number of benzene rings is 1. The van der Waals surface area contributed by atoms with E-state index in [1.54, 1.807) is 12.1 Å². The Morgan fingerprint density at radius 1 is 1.53 bits per heavy atom. The first-order chi connectivity index (χ1) is 9.11. The van der Waals surface area contributed by atoms with Crippen molar-refractivity contribution in [1.82, 2.24) is 25.9 Å². The predicted octanol–water partition coefficient (Wildman–Crippen LogP) is 1.42. The number of rotatable bonds is 5. The number of aromatic nitrogens is 4. The van der Waals surface area contributed by atoms with Crippen molar-refractivity contribution in [2.75, 3.05) is 7.11 Å². The van der Waals surface area contributed by atoms with Crippen LogP contribution < -0.4 is 10.1 Å². The summed E-state index contributed by atoms with van der Waals surface area (Å²) in [5.74, 6) is 0.963. The lowest BCUT2D eigenvalue weighted by molar-refractivity contribution is 0.369. The monoisotopic (exact) mass is 283 g/mol. The molecule has 0 radical (unpaired) electrons. The molecule has 1 atom stereocenters. The molecule has 0 bridgehead atoms. The lowest BCUT2D eigenvalue weighted by Gasteiger charge is -2.13. The Hall–Kier alpha value is -1.86. The first-order valence-corrected chi connectivity index (χ1v) is 6.01. The van der Waals surface area contributed by atoms with Crippen molar-refractivity contribution < 1.29 is 9.84 Å². The van der Waals surface area contributed by atoms with Crippen LogP contribution in [0, 0.1) is 0 Å². The minimum atomic E-state index is -0.108. The highest BCUT2D eigenvalue weighted by Gasteiger charge is 2.13. The van der Waals surface area contributed by atoms with Crippen LogP contribution in [0.2, 0.25) is 5.02 Å². The molecule has 0 saturated carbocycles. The summed E-state index contributed by atoms with van der Waals surface area (Å²) in [5, 5.41) is 27.3. The van der Waals surface area contributed by atoms with Gasteiger partial charge in [-0.1, -0.05) is 16.8 Å². The molecule has 1 heterocycles. The second kappa shape index (κ2) is 5.85. The van der Waals surface area contributed by atoms with Gasteiger partial charge in [0.25, 0.3) is 0 Å². The molecule has 2 rings (SSSR count). The summed E-state index contributed by atoms with van der Waals surface area (Å²) >= 11 is 5.96. The minimum Gasteiger partial charge on any atom is -0.504 e. The second-order valence-electron chi connectivity index (χ2n) is 3.99. The van der Waals surface area contributed by atoms with E-state index in [1.165, 1.54) is 7.11 Å². The third kappa shape index (κ3) is 3.12. The summed E-state index contributed by atoms with van der Waals surface area (Å²) in [5.41, 5.74) is 0.639. The maximum Gasteiger partial charge on any atom is 0.191 e. The SMILES string of the molecule is COc1cc(Cl)cc(CNC(C)c2nn[nH]n2)c1O. The van der Waals surface area contributed by atoms with Gasteiger partial charge in [-0.05, 0) is 13.0 Å². The molecule has 0 spiro atoms. The van der Waals surface area contributed by atoms with Gasteiger partial charge in [0.15, 0.2) is 17.3 Å². The van der Waals surface area contributed by atoms with E-state index in [4.69, 9.17) is 16.3 Å². The van der Waals surface area contributed by atoms with E-state index in [0.717, 1.165) is 0 Å². The summed E-state index contributed by atoms with van der Waals surface area (Å²) in [6.07, 6.45) is 0. The standard InChI is InChI=1S/C11H14ClN5O2/c1-6(11-14-16-17-15-11)13-5-7-3-8(12)4-9(19-2)10(7)18/h3-4,6,13,18H,5H2,1-2H3,(H,14,15,16,17). The fraction of sp³-hybridized carbons (Fsp3) is 0.364. The van der Waals surface area contributed by atoms with Gasteiger partial charge in [0.1, 0.15) is 0 Å². The number of hydrogen-bond donors (Lipinski definition) is 3. The van der Waals surface area contributed by atoms with Gasteiger partial charge < -0.3 is 15.2 Å². The molecule has 1 aromatic carbocycles. The number of phenolic OH excluding ortho intramolecular Hbond substituents is 1. The highest BCUT2D eigenvalue weighted by molar-refractivity contribution is 6.30. The summed E-state index contributed by atoms with van der Waals surface area (Å²) in [7, 11) is 1.48. The van der Waals surface area contributed by atoms with Crippen LogP contribution in [0.25, 0.3) is 0 Å². The maximum absolute atomic E-state index is 9.98. The second-order valence-corrected chi connectivity index (χ2v) is 4.42. The molecule has 19 heavy (non-hydrogen) atoms. The predicted molar refractivity (Wildman–Crippen MR) is 69.1 cm³/mol. The van der Waals surface area contributed by atoms with E-state index in [1.807, 2.05) is 6.92 Å². The van der Waals surface area contributed by atoms with E-state index < -0.39 is 0 Å². The average molecular weight is 284 g/mol. The number of phenols is 1. The van der Waals surface area contributed by atoms with E-state index >= 15 is 0 Å². The Labute approximate surface area is 114 Å². The molecule has 1 unspecified atom stereocenters. The number of aromatic amines is 1. The van der Waals surface area contributed by atoms with Crippen molar-refractivity contribution in [3.8, 4) is 11.5 Å². The zero-order valence-electron chi connectivity index (χ0n) is 10.5. The summed E-state index contributed by atoms with van der Waals surface area (Å²) in [6, 6.07) is 3.13. The number of methoxy groups -OCH3 is 1. The van der Waals surface area contributed by atoms with Gasteiger partial charge in [0.05, 0.1) is 13.2 Å².